The summed E-state index contributed by atoms with van der Waals surface area (Å²) >= 11 is 3.46. The van der Waals surface area contributed by atoms with Gasteiger partial charge in [-0.2, -0.15) is 0 Å². The molecule has 0 spiro atoms. The van der Waals surface area contributed by atoms with Gasteiger partial charge in [-0.05, 0) is 37.1 Å². The van der Waals surface area contributed by atoms with E-state index in [0.29, 0.717) is 13.2 Å². The molecule has 20 heavy (non-hydrogen) atoms. The van der Waals surface area contributed by atoms with Gasteiger partial charge in [0.25, 0.3) is 0 Å². The van der Waals surface area contributed by atoms with Gasteiger partial charge in [-0.1, -0.05) is 42.1 Å². The minimum atomic E-state index is -0.472. The summed E-state index contributed by atoms with van der Waals surface area (Å²) in [5, 5.41) is 13.1. The van der Waals surface area contributed by atoms with Crippen LogP contribution in [-0.4, -0.2) is 31.0 Å². The van der Waals surface area contributed by atoms with Crippen molar-refractivity contribution in [3.63, 3.8) is 0 Å². The molecule has 1 aromatic rings. The summed E-state index contributed by atoms with van der Waals surface area (Å²) in [4.78, 5) is 0. The summed E-state index contributed by atoms with van der Waals surface area (Å²) in [6.07, 6.45) is 4.32. The summed E-state index contributed by atoms with van der Waals surface area (Å²) in [6, 6.07) is 6.12. The first-order chi connectivity index (χ1) is 9.61. The van der Waals surface area contributed by atoms with E-state index < -0.39 is 6.10 Å². The molecule has 0 bridgehead atoms. The molecule has 0 fully saturated rings. The predicted molar refractivity (Wildman–Crippen MR) is 88.3 cm³/mol. The zero-order chi connectivity index (χ0) is 14.8. The van der Waals surface area contributed by atoms with E-state index in [2.05, 4.69) is 40.3 Å². The maximum atomic E-state index is 9.85. The molecule has 1 atom stereocenters. The van der Waals surface area contributed by atoms with Gasteiger partial charge in [0, 0.05) is 23.3 Å². The van der Waals surface area contributed by atoms with E-state index in [1.807, 2.05) is 13.0 Å². The van der Waals surface area contributed by atoms with Gasteiger partial charge in [0.15, 0.2) is 0 Å². The number of hydrogen-bond acceptors (Lipinski definition) is 3. The van der Waals surface area contributed by atoms with Crippen molar-refractivity contribution < 1.29 is 9.84 Å². The molecule has 0 heterocycles. The van der Waals surface area contributed by atoms with Crippen LogP contribution < -0.4 is 5.32 Å². The van der Waals surface area contributed by atoms with Crippen LogP contribution >= 0.6 is 15.9 Å². The fourth-order valence-corrected chi connectivity index (χ4v) is 2.59. The lowest BCUT2D eigenvalue weighted by Crippen LogP contribution is -2.25. The molecule has 0 aliphatic carbocycles. The number of unbranched alkanes of at least 4 members (excludes halogenated alkanes) is 3. The average molecular weight is 344 g/mol. The number of benzene rings is 1. The molecule has 114 valence electrons. The molecule has 0 saturated carbocycles. The summed E-state index contributed by atoms with van der Waals surface area (Å²) < 4.78 is 6.52. The Bertz CT molecular complexity index is 364. The second-order valence-corrected chi connectivity index (χ2v) is 6.10. The third kappa shape index (κ3) is 7.88. The second kappa shape index (κ2) is 10.2. The van der Waals surface area contributed by atoms with Crippen LogP contribution in [0.3, 0.4) is 0 Å². The van der Waals surface area contributed by atoms with Crippen LogP contribution in [0.2, 0.25) is 0 Å². The van der Waals surface area contributed by atoms with Crippen molar-refractivity contribution in [1.82, 2.24) is 0 Å². The molecule has 1 rings (SSSR count). The van der Waals surface area contributed by atoms with Crippen molar-refractivity contribution in [2.24, 2.45) is 0 Å². The number of halogens is 1. The lowest BCUT2D eigenvalue weighted by molar-refractivity contribution is 0.0417. The molecule has 0 aliphatic rings. The number of rotatable bonds is 10. The fourth-order valence-electron chi connectivity index (χ4n) is 1.98. The van der Waals surface area contributed by atoms with E-state index in [0.717, 1.165) is 23.2 Å². The Balaban J connectivity index is 2.14. The van der Waals surface area contributed by atoms with Crippen molar-refractivity contribution in [2.45, 2.75) is 45.6 Å². The average Bonchev–Trinajstić information content (AvgIpc) is 2.39. The molecule has 0 aliphatic heterocycles. The molecule has 0 radical (unpaired) electrons. The van der Waals surface area contributed by atoms with Crippen molar-refractivity contribution in [1.29, 1.82) is 0 Å². The van der Waals surface area contributed by atoms with E-state index >= 15 is 0 Å². The number of nitrogens with one attached hydrogen (secondary N) is 1. The first-order valence-electron chi connectivity index (χ1n) is 7.38. The van der Waals surface area contributed by atoms with Crippen molar-refractivity contribution >= 4 is 21.6 Å². The molecule has 4 heteroatoms. The topological polar surface area (TPSA) is 41.5 Å². The third-order valence-electron chi connectivity index (χ3n) is 3.04. The van der Waals surface area contributed by atoms with Crippen LogP contribution in [0.1, 0.15) is 38.2 Å². The lowest BCUT2D eigenvalue weighted by atomic mass is 10.2. The Morgan fingerprint density at radius 3 is 2.75 bits per heavy atom. The Morgan fingerprint density at radius 2 is 2.05 bits per heavy atom. The minimum absolute atomic E-state index is 0.395. The van der Waals surface area contributed by atoms with E-state index in [4.69, 9.17) is 4.74 Å². The van der Waals surface area contributed by atoms with Gasteiger partial charge in [0.1, 0.15) is 0 Å². The zero-order valence-electron chi connectivity index (χ0n) is 12.5. The summed E-state index contributed by atoms with van der Waals surface area (Å²) in [5.74, 6) is 0. The zero-order valence-corrected chi connectivity index (χ0v) is 14.1. The van der Waals surface area contributed by atoms with E-state index in [9.17, 15) is 5.11 Å². The maximum Gasteiger partial charge on any atom is 0.0945 e. The highest BCUT2D eigenvalue weighted by atomic mass is 79.9. The molecule has 1 aromatic carbocycles. The summed E-state index contributed by atoms with van der Waals surface area (Å²) in [6.45, 7) is 5.88. The van der Waals surface area contributed by atoms with Gasteiger partial charge in [-0.25, -0.2) is 0 Å². The first kappa shape index (κ1) is 17.5. The van der Waals surface area contributed by atoms with E-state index in [1.165, 1.54) is 24.8 Å². The van der Waals surface area contributed by atoms with Gasteiger partial charge < -0.3 is 15.2 Å². The van der Waals surface area contributed by atoms with Crippen molar-refractivity contribution in [3.05, 3.63) is 28.2 Å². The number of aliphatic hydroxyl groups excluding tert-OH is 1. The smallest absolute Gasteiger partial charge is 0.0945 e. The van der Waals surface area contributed by atoms with Crippen molar-refractivity contribution in [3.8, 4) is 0 Å². The molecule has 2 N–H and O–H groups in total. The van der Waals surface area contributed by atoms with Gasteiger partial charge in [0.05, 0.1) is 12.7 Å². The Morgan fingerprint density at radius 1 is 1.25 bits per heavy atom. The van der Waals surface area contributed by atoms with Gasteiger partial charge >= 0.3 is 0 Å². The molecule has 0 amide bonds. The number of anilines is 1. The van der Waals surface area contributed by atoms with Crippen LogP contribution in [0.15, 0.2) is 22.7 Å². The highest BCUT2D eigenvalue weighted by Crippen LogP contribution is 2.18. The second-order valence-electron chi connectivity index (χ2n) is 5.19. The maximum absolute atomic E-state index is 9.85. The van der Waals surface area contributed by atoms with Gasteiger partial charge in [-0.3, -0.25) is 0 Å². The third-order valence-corrected chi connectivity index (χ3v) is 3.49. The molecule has 1 unspecified atom stereocenters. The quantitative estimate of drug-likeness (QED) is 0.627. The van der Waals surface area contributed by atoms with Crippen LogP contribution in [0, 0.1) is 6.92 Å². The molecular weight excluding hydrogens is 318 g/mol. The largest absolute Gasteiger partial charge is 0.389 e. The number of aryl methyl sites for hydroxylation is 1. The van der Waals surface area contributed by atoms with Crippen LogP contribution in [-0.2, 0) is 4.74 Å². The first-order valence-corrected chi connectivity index (χ1v) is 8.18. The Hall–Kier alpha value is -0.580. The van der Waals surface area contributed by atoms with Gasteiger partial charge in [0.2, 0.25) is 0 Å². The summed E-state index contributed by atoms with van der Waals surface area (Å²) in [5.41, 5.74) is 2.20. The van der Waals surface area contributed by atoms with Crippen molar-refractivity contribution in [2.75, 3.05) is 25.1 Å². The molecule has 0 saturated heterocycles. The minimum Gasteiger partial charge on any atom is -0.389 e. The lowest BCUT2D eigenvalue weighted by Gasteiger charge is -2.14. The molecular formula is C16H26BrNO2. The highest BCUT2D eigenvalue weighted by molar-refractivity contribution is 9.10. The monoisotopic (exact) mass is 343 g/mol. The number of aliphatic hydroxyl groups is 1. The van der Waals surface area contributed by atoms with E-state index in [1.54, 1.807) is 0 Å². The predicted octanol–water partition coefficient (Wildman–Crippen LogP) is 4.13. The Kier molecular flexibility index (Phi) is 8.90. The van der Waals surface area contributed by atoms with Gasteiger partial charge in [-0.15, -0.1) is 0 Å². The van der Waals surface area contributed by atoms with E-state index in [-0.39, 0.29) is 0 Å². The fraction of sp³-hybridized carbons (Fsp3) is 0.625. The SMILES string of the molecule is CCCCCCOCC(O)CNc1cc(C)cc(Br)c1. The highest BCUT2D eigenvalue weighted by Gasteiger charge is 2.04. The molecule has 3 nitrogen and oxygen atoms in total. The summed E-state index contributed by atoms with van der Waals surface area (Å²) in [7, 11) is 0. The standard InChI is InChI=1S/C16H26BrNO2/c1-3-4-5-6-7-20-12-16(19)11-18-15-9-13(2)8-14(17)10-15/h8-10,16,18-19H,3-7,11-12H2,1-2H3. The number of hydrogen-bond donors (Lipinski definition) is 2. The molecule has 0 aromatic heterocycles. The van der Waals surface area contributed by atoms with Crippen LogP contribution in [0.5, 0.6) is 0 Å². The van der Waals surface area contributed by atoms with Crippen LogP contribution in [0.25, 0.3) is 0 Å². The Labute approximate surface area is 130 Å². The number of ether oxygens (including phenoxy) is 1. The van der Waals surface area contributed by atoms with Crippen LogP contribution in [0.4, 0.5) is 5.69 Å². The normalized spacial score (nSPS) is 12.4.